The van der Waals surface area contributed by atoms with Crippen LogP contribution in [0.1, 0.15) is 66.9 Å². The number of thiazole rings is 1. The second-order valence-electron chi connectivity index (χ2n) is 10.4. The number of fused-ring (bicyclic) bond motifs is 2. The summed E-state index contributed by atoms with van der Waals surface area (Å²) in [5, 5.41) is 5.05. The van der Waals surface area contributed by atoms with E-state index in [4.69, 9.17) is 9.72 Å². The molecule has 0 saturated heterocycles. The maximum Gasteiger partial charge on any atom is 0.273 e. The van der Waals surface area contributed by atoms with Gasteiger partial charge in [0.05, 0.1) is 17.8 Å². The molecule has 2 aromatic heterocycles. The van der Waals surface area contributed by atoms with Crippen LogP contribution < -0.4 is 10.1 Å². The number of amides is 1. The molecule has 186 valence electrons. The van der Waals surface area contributed by atoms with Crippen molar-refractivity contribution in [2.45, 2.75) is 65.0 Å². The van der Waals surface area contributed by atoms with E-state index < -0.39 is 0 Å². The highest BCUT2D eigenvalue weighted by atomic mass is 32.1. The van der Waals surface area contributed by atoms with Gasteiger partial charge in [0, 0.05) is 41.2 Å². The second-order valence-corrected chi connectivity index (χ2v) is 11.5. The number of hydrogen-bond acceptors (Lipinski definition) is 6. The SMILES string of the molecule is CC(C)COc1nc2c(s1)CCN(CCC1CCC(NC(=O)c3cccc4ncccc34)CC1)C2. The number of carbonyl (C=O) groups excluding carboxylic acids is 1. The summed E-state index contributed by atoms with van der Waals surface area (Å²) < 4.78 is 5.85. The monoisotopic (exact) mass is 492 g/mol. The molecule has 1 saturated carbocycles. The quantitative estimate of drug-likeness (QED) is 0.452. The Morgan fingerprint density at radius 3 is 2.89 bits per heavy atom. The molecule has 7 heteroatoms. The predicted octanol–water partition coefficient (Wildman–Crippen LogP) is 5.46. The Morgan fingerprint density at radius 1 is 1.20 bits per heavy atom. The Balaban J connectivity index is 1.06. The highest BCUT2D eigenvalue weighted by Gasteiger charge is 2.26. The van der Waals surface area contributed by atoms with Gasteiger partial charge in [-0.3, -0.25) is 14.7 Å². The van der Waals surface area contributed by atoms with Gasteiger partial charge in [-0.1, -0.05) is 37.3 Å². The minimum Gasteiger partial charge on any atom is -0.470 e. The fourth-order valence-corrected chi connectivity index (χ4v) is 6.16. The smallest absolute Gasteiger partial charge is 0.273 e. The molecule has 1 fully saturated rings. The largest absolute Gasteiger partial charge is 0.470 e. The number of hydrogen-bond donors (Lipinski definition) is 1. The highest BCUT2D eigenvalue weighted by molar-refractivity contribution is 7.13. The van der Waals surface area contributed by atoms with Crippen molar-refractivity contribution in [3.05, 3.63) is 52.7 Å². The van der Waals surface area contributed by atoms with Crippen molar-refractivity contribution in [1.82, 2.24) is 20.2 Å². The van der Waals surface area contributed by atoms with Gasteiger partial charge < -0.3 is 10.1 Å². The number of nitrogens with one attached hydrogen (secondary N) is 1. The van der Waals surface area contributed by atoms with Gasteiger partial charge in [0.15, 0.2) is 0 Å². The van der Waals surface area contributed by atoms with Crippen LogP contribution >= 0.6 is 11.3 Å². The third-order valence-corrected chi connectivity index (χ3v) is 8.32. The van der Waals surface area contributed by atoms with Gasteiger partial charge in [-0.2, -0.15) is 0 Å². The van der Waals surface area contributed by atoms with Gasteiger partial charge in [0.1, 0.15) is 0 Å². The van der Waals surface area contributed by atoms with Gasteiger partial charge in [-0.25, -0.2) is 4.98 Å². The van der Waals surface area contributed by atoms with Crippen molar-refractivity contribution in [2.24, 2.45) is 11.8 Å². The molecule has 0 spiro atoms. The van der Waals surface area contributed by atoms with Gasteiger partial charge in [0.2, 0.25) is 0 Å². The van der Waals surface area contributed by atoms with Gasteiger partial charge >= 0.3 is 0 Å². The molecule has 3 heterocycles. The fraction of sp³-hybridized carbons (Fsp3) is 0.536. The van der Waals surface area contributed by atoms with Crippen molar-refractivity contribution < 1.29 is 9.53 Å². The fourth-order valence-electron chi connectivity index (χ4n) is 5.24. The molecule has 3 aromatic rings. The molecule has 5 rings (SSSR count). The van der Waals surface area contributed by atoms with Crippen molar-refractivity contribution in [3.63, 3.8) is 0 Å². The van der Waals surface area contributed by atoms with Crippen LogP contribution in [0.5, 0.6) is 5.19 Å². The Bertz CT molecular complexity index is 1150. The van der Waals surface area contributed by atoms with Gasteiger partial charge in [0.25, 0.3) is 11.1 Å². The standard InChI is InChI=1S/C28H36N4O2S/c1-19(2)18-34-28-31-25-17-32(16-13-26(25)35-28)15-12-20-8-10-21(11-9-20)30-27(33)23-5-3-7-24-22(23)6-4-14-29-24/h3-7,14,19-21H,8-13,15-18H2,1-2H3,(H,30,33). The third-order valence-electron chi connectivity index (χ3n) is 7.25. The van der Waals surface area contributed by atoms with Gasteiger partial charge in [-0.05, 0) is 75.1 Å². The normalized spacial score (nSPS) is 20.7. The van der Waals surface area contributed by atoms with Crippen LogP contribution in [0.3, 0.4) is 0 Å². The van der Waals surface area contributed by atoms with Crippen molar-refractivity contribution >= 4 is 28.1 Å². The lowest BCUT2D eigenvalue weighted by molar-refractivity contribution is 0.0921. The Labute approximate surface area is 212 Å². The molecule has 0 atom stereocenters. The lowest BCUT2D eigenvalue weighted by Gasteiger charge is -2.32. The Kier molecular flexibility index (Phi) is 7.63. The van der Waals surface area contributed by atoms with Crippen LogP contribution in [-0.4, -0.2) is 46.5 Å². The first-order valence-corrected chi connectivity index (χ1v) is 13.8. The van der Waals surface area contributed by atoms with Crippen LogP contribution in [0.2, 0.25) is 0 Å². The molecule has 1 aromatic carbocycles. The van der Waals surface area contributed by atoms with Crippen LogP contribution in [0, 0.1) is 11.8 Å². The molecule has 6 nitrogen and oxygen atoms in total. The van der Waals surface area contributed by atoms with E-state index in [1.54, 1.807) is 17.5 Å². The molecular weight excluding hydrogens is 456 g/mol. The van der Waals surface area contributed by atoms with E-state index in [9.17, 15) is 4.79 Å². The van der Waals surface area contributed by atoms with E-state index in [1.807, 2.05) is 30.3 Å². The number of pyridine rings is 1. The van der Waals surface area contributed by atoms with Crippen molar-refractivity contribution in [3.8, 4) is 5.19 Å². The first kappa shape index (κ1) is 24.2. The second kappa shape index (κ2) is 11.0. The lowest BCUT2D eigenvalue weighted by Crippen LogP contribution is -2.38. The summed E-state index contributed by atoms with van der Waals surface area (Å²) in [6.07, 6.45) is 8.57. The maximum atomic E-state index is 13.0. The lowest BCUT2D eigenvalue weighted by atomic mass is 9.84. The molecule has 0 radical (unpaired) electrons. The summed E-state index contributed by atoms with van der Waals surface area (Å²) in [7, 11) is 0. The zero-order valence-corrected chi connectivity index (χ0v) is 21.7. The first-order chi connectivity index (χ1) is 17.0. The van der Waals surface area contributed by atoms with E-state index in [2.05, 4.69) is 29.0 Å². The molecule has 2 aliphatic rings. The number of nitrogens with zero attached hydrogens (tertiary/aromatic N) is 3. The average molecular weight is 493 g/mol. The summed E-state index contributed by atoms with van der Waals surface area (Å²) in [4.78, 5) is 26.0. The van der Waals surface area contributed by atoms with Crippen LogP contribution in [0.4, 0.5) is 0 Å². The van der Waals surface area contributed by atoms with Crippen molar-refractivity contribution in [2.75, 3.05) is 19.7 Å². The maximum absolute atomic E-state index is 13.0. The molecular formula is C28H36N4O2S. The summed E-state index contributed by atoms with van der Waals surface area (Å²) in [6.45, 7) is 8.26. The predicted molar refractivity (Wildman–Crippen MR) is 141 cm³/mol. The van der Waals surface area contributed by atoms with E-state index >= 15 is 0 Å². The molecule has 1 aliphatic heterocycles. The minimum atomic E-state index is 0.0242. The Hall–Kier alpha value is -2.51. The Morgan fingerprint density at radius 2 is 2.06 bits per heavy atom. The number of aromatic nitrogens is 2. The summed E-state index contributed by atoms with van der Waals surface area (Å²) in [5.41, 5.74) is 2.81. The molecule has 0 unspecified atom stereocenters. The molecule has 1 aliphatic carbocycles. The molecule has 1 amide bonds. The number of carbonyl (C=O) groups is 1. The number of ether oxygens (including phenoxy) is 1. The van der Waals surface area contributed by atoms with E-state index in [0.29, 0.717) is 5.92 Å². The molecule has 1 N–H and O–H groups in total. The first-order valence-electron chi connectivity index (χ1n) is 13.0. The van der Waals surface area contributed by atoms with E-state index in [-0.39, 0.29) is 11.9 Å². The third kappa shape index (κ3) is 6.01. The summed E-state index contributed by atoms with van der Waals surface area (Å²) in [5.74, 6) is 1.29. The summed E-state index contributed by atoms with van der Waals surface area (Å²) >= 11 is 1.73. The highest BCUT2D eigenvalue weighted by Crippen LogP contribution is 2.32. The topological polar surface area (TPSA) is 67.3 Å². The number of rotatable bonds is 8. The van der Waals surface area contributed by atoms with Crippen LogP contribution in [0.25, 0.3) is 10.9 Å². The number of benzene rings is 1. The summed E-state index contributed by atoms with van der Waals surface area (Å²) in [6, 6.07) is 9.90. The minimum absolute atomic E-state index is 0.0242. The van der Waals surface area contributed by atoms with E-state index in [1.165, 1.54) is 29.8 Å². The zero-order chi connectivity index (χ0) is 24.2. The average Bonchev–Trinajstić information content (AvgIpc) is 3.29. The molecule has 35 heavy (non-hydrogen) atoms. The van der Waals surface area contributed by atoms with Gasteiger partial charge in [-0.15, -0.1) is 0 Å². The van der Waals surface area contributed by atoms with Crippen LogP contribution in [-0.2, 0) is 13.0 Å². The van der Waals surface area contributed by atoms with Crippen LogP contribution in [0.15, 0.2) is 36.5 Å². The molecule has 0 bridgehead atoms. The van der Waals surface area contributed by atoms with Crippen molar-refractivity contribution in [1.29, 1.82) is 0 Å². The van der Waals surface area contributed by atoms with E-state index in [0.717, 1.165) is 73.1 Å². The zero-order valence-electron chi connectivity index (χ0n) is 20.8.